The molecule has 24 heavy (non-hydrogen) atoms. The molecule has 0 amide bonds. The minimum Gasteiger partial charge on any atom is -0.466 e. The average Bonchev–Trinajstić information content (AvgIpc) is 2.60. The predicted octanol–water partition coefficient (Wildman–Crippen LogP) is 4.89. The number of benzene rings is 2. The van der Waals surface area contributed by atoms with Crippen molar-refractivity contribution in [2.75, 3.05) is 6.61 Å². The summed E-state index contributed by atoms with van der Waals surface area (Å²) in [6.07, 6.45) is 0.540. The number of nitrogens with zero attached hydrogens (tertiary/aromatic N) is 1. The lowest BCUT2D eigenvalue weighted by molar-refractivity contribution is -0.384. The van der Waals surface area contributed by atoms with Gasteiger partial charge in [0.05, 0.1) is 22.5 Å². The molecule has 2 rings (SSSR count). The summed E-state index contributed by atoms with van der Waals surface area (Å²) in [7, 11) is 0. The number of esters is 1. The molecule has 6 heteroatoms. The van der Waals surface area contributed by atoms with Gasteiger partial charge in [0.15, 0.2) is 0 Å². The molecule has 1 unspecified atom stereocenters. The van der Waals surface area contributed by atoms with Gasteiger partial charge in [0.1, 0.15) is 0 Å². The molecule has 0 spiro atoms. The van der Waals surface area contributed by atoms with Gasteiger partial charge < -0.3 is 4.74 Å². The molecule has 126 valence electrons. The fraction of sp³-hybridized carbons (Fsp3) is 0.278. The first-order valence-electron chi connectivity index (χ1n) is 7.66. The molecular formula is C18H18ClNO4. The van der Waals surface area contributed by atoms with Crippen molar-refractivity contribution < 1.29 is 14.5 Å². The zero-order chi connectivity index (χ0) is 17.5. The van der Waals surface area contributed by atoms with Gasteiger partial charge in [0.2, 0.25) is 0 Å². The Morgan fingerprint density at radius 1 is 1.25 bits per heavy atom. The van der Waals surface area contributed by atoms with Crippen molar-refractivity contribution >= 4 is 23.3 Å². The van der Waals surface area contributed by atoms with Crippen molar-refractivity contribution in [2.45, 2.75) is 25.1 Å². The summed E-state index contributed by atoms with van der Waals surface area (Å²) in [6.45, 7) is 2.06. The Bertz CT molecular complexity index is 718. The Kier molecular flexibility index (Phi) is 6.32. The molecule has 2 aromatic rings. The lowest BCUT2D eigenvalue weighted by Crippen LogP contribution is -2.05. The van der Waals surface area contributed by atoms with E-state index in [0.29, 0.717) is 24.2 Å². The van der Waals surface area contributed by atoms with Crippen LogP contribution in [-0.2, 0) is 9.53 Å². The van der Waals surface area contributed by atoms with Crippen molar-refractivity contribution in [1.29, 1.82) is 0 Å². The summed E-state index contributed by atoms with van der Waals surface area (Å²) in [5.74, 6) is -0.321. The van der Waals surface area contributed by atoms with E-state index in [1.165, 1.54) is 6.07 Å². The summed E-state index contributed by atoms with van der Waals surface area (Å²) in [6, 6.07) is 14.1. The average molecular weight is 348 g/mol. The molecular weight excluding hydrogens is 330 g/mol. The molecule has 0 aromatic heterocycles. The van der Waals surface area contributed by atoms with Crippen LogP contribution in [0.3, 0.4) is 0 Å². The second-order valence-corrected chi connectivity index (χ2v) is 5.74. The number of halogens is 1. The highest BCUT2D eigenvalue weighted by atomic mass is 35.5. The highest BCUT2D eigenvalue weighted by molar-refractivity contribution is 6.21. The van der Waals surface area contributed by atoms with Crippen LogP contribution in [0, 0.1) is 10.1 Å². The van der Waals surface area contributed by atoms with Crippen LogP contribution < -0.4 is 0 Å². The molecule has 0 N–H and O–H groups in total. The normalized spacial score (nSPS) is 11.8. The van der Waals surface area contributed by atoms with Crippen LogP contribution in [0.5, 0.6) is 0 Å². The lowest BCUT2D eigenvalue weighted by Gasteiger charge is -2.11. The van der Waals surface area contributed by atoms with Crippen LogP contribution in [0.25, 0.3) is 11.1 Å². The highest BCUT2D eigenvalue weighted by Crippen LogP contribution is 2.35. The largest absolute Gasteiger partial charge is 0.466 e. The maximum atomic E-state index is 11.4. The lowest BCUT2D eigenvalue weighted by atomic mass is 9.99. The highest BCUT2D eigenvalue weighted by Gasteiger charge is 2.19. The molecule has 0 saturated heterocycles. The van der Waals surface area contributed by atoms with E-state index in [-0.39, 0.29) is 18.1 Å². The standard InChI is InChI=1S/C18H18ClNO4/c1-2-24-18(21)11-10-16(19)14-8-9-15(17(12-14)20(22)23)13-6-4-3-5-7-13/h3-9,12,16H,2,10-11H2,1H3. The monoisotopic (exact) mass is 347 g/mol. The van der Waals surface area contributed by atoms with E-state index >= 15 is 0 Å². The summed E-state index contributed by atoms with van der Waals surface area (Å²) in [5, 5.41) is 10.9. The number of hydrogen-bond acceptors (Lipinski definition) is 4. The summed E-state index contributed by atoms with van der Waals surface area (Å²) >= 11 is 6.30. The van der Waals surface area contributed by atoms with Gasteiger partial charge in [-0.15, -0.1) is 11.6 Å². The van der Waals surface area contributed by atoms with Crippen molar-refractivity contribution in [3.05, 3.63) is 64.2 Å². The molecule has 0 heterocycles. The van der Waals surface area contributed by atoms with E-state index in [0.717, 1.165) is 5.56 Å². The van der Waals surface area contributed by atoms with Crippen LogP contribution in [0.4, 0.5) is 5.69 Å². The fourth-order valence-corrected chi connectivity index (χ4v) is 2.65. The molecule has 0 aliphatic heterocycles. The Morgan fingerprint density at radius 2 is 1.96 bits per heavy atom. The smallest absolute Gasteiger partial charge is 0.305 e. The van der Waals surface area contributed by atoms with Crippen LogP contribution >= 0.6 is 11.6 Å². The van der Waals surface area contributed by atoms with Crippen molar-refractivity contribution in [3.8, 4) is 11.1 Å². The molecule has 1 atom stereocenters. The predicted molar refractivity (Wildman–Crippen MR) is 93.0 cm³/mol. The summed E-state index contributed by atoms with van der Waals surface area (Å²) in [5.41, 5.74) is 1.93. The van der Waals surface area contributed by atoms with Gasteiger partial charge in [-0.3, -0.25) is 14.9 Å². The van der Waals surface area contributed by atoms with Crippen LogP contribution in [0.2, 0.25) is 0 Å². The summed E-state index contributed by atoms with van der Waals surface area (Å²) in [4.78, 5) is 22.4. The van der Waals surface area contributed by atoms with Crippen molar-refractivity contribution in [1.82, 2.24) is 0 Å². The second kappa shape index (κ2) is 8.45. The molecule has 2 aromatic carbocycles. The fourth-order valence-electron chi connectivity index (χ4n) is 2.40. The summed E-state index contributed by atoms with van der Waals surface area (Å²) < 4.78 is 4.86. The maximum absolute atomic E-state index is 11.4. The molecule has 0 radical (unpaired) electrons. The third-order valence-corrected chi connectivity index (χ3v) is 4.04. The van der Waals surface area contributed by atoms with Gasteiger partial charge in [0.25, 0.3) is 5.69 Å². The van der Waals surface area contributed by atoms with E-state index in [4.69, 9.17) is 16.3 Å². The van der Waals surface area contributed by atoms with E-state index < -0.39 is 10.3 Å². The number of ether oxygens (including phenoxy) is 1. The van der Waals surface area contributed by atoms with Crippen LogP contribution in [0.15, 0.2) is 48.5 Å². The van der Waals surface area contributed by atoms with Gasteiger partial charge in [-0.05, 0) is 30.5 Å². The third-order valence-electron chi connectivity index (χ3n) is 3.57. The maximum Gasteiger partial charge on any atom is 0.305 e. The quantitative estimate of drug-likeness (QED) is 0.309. The molecule has 0 aliphatic rings. The van der Waals surface area contributed by atoms with E-state index in [2.05, 4.69) is 0 Å². The first-order chi connectivity index (χ1) is 11.5. The van der Waals surface area contributed by atoms with Gasteiger partial charge in [-0.1, -0.05) is 36.4 Å². The first-order valence-corrected chi connectivity index (χ1v) is 8.10. The van der Waals surface area contributed by atoms with Crippen LogP contribution in [0.1, 0.15) is 30.7 Å². The number of rotatable bonds is 7. The molecule has 5 nitrogen and oxygen atoms in total. The van der Waals surface area contributed by atoms with Gasteiger partial charge >= 0.3 is 5.97 Å². The molecule has 0 fully saturated rings. The van der Waals surface area contributed by atoms with Crippen molar-refractivity contribution in [3.63, 3.8) is 0 Å². The first kappa shape index (κ1) is 17.9. The van der Waals surface area contributed by atoms with Gasteiger partial charge in [0, 0.05) is 12.5 Å². The van der Waals surface area contributed by atoms with E-state index in [1.54, 1.807) is 19.1 Å². The van der Waals surface area contributed by atoms with Gasteiger partial charge in [-0.25, -0.2) is 0 Å². The number of carbonyl (C=O) groups excluding carboxylic acids is 1. The number of nitro groups is 1. The molecule has 0 saturated carbocycles. The second-order valence-electron chi connectivity index (χ2n) is 5.21. The Balaban J connectivity index is 2.22. The Morgan fingerprint density at radius 3 is 2.58 bits per heavy atom. The van der Waals surface area contributed by atoms with Crippen molar-refractivity contribution in [2.24, 2.45) is 0 Å². The molecule has 0 bridgehead atoms. The third kappa shape index (κ3) is 4.55. The van der Waals surface area contributed by atoms with E-state index in [1.807, 2.05) is 30.3 Å². The minimum absolute atomic E-state index is 0.000449. The number of nitro benzene ring substituents is 1. The van der Waals surface area contributed by atoms with Gasteiger partial charge in [-0.2, -0.15) is 0 Å². The zero-order valence-corrected chi connectivity index (χ0v) is 14.0. The Hall–Kier alpha value is -2.40. The molecule has 0 aliphatic carbocycles. The Labute approximate surface area is 145 Å². The van der Waals surface area contributed by atoms with E-state index in [9.17, 15) is 14.9 Å². The topological polar surface area (TPSA) is 69.4 Å². The number of hydrogen-bond donors (Lipinski definition) is 0. The number of alkyl halides is 1. The minimum atomic E-state index is -0.488. The SMILES string of the molecule is CCOC(=O)CCC(Cl)c1ccc(-c2ccccc2)c([N+](=O)[O-])c1. The zero-order valence-electron chi connectivity index (χ0n) is 13.3. The van der Waals surface area contributed by atoms with Crippen LogP contribution in [-0.4, -0.2) is 17.5 Å². The number of carbonyl (C=O) groups is 1.